The number of halogens is 6. The van der Waals surface area contributed by atoms with Gasteiger partial charge in [0.05, 0.1) is 12.2 Å². The molecule has 5 rings (SSSR count). The number of pyridine rings is 3. The lowest BCUT2D eigenvalue weighted by Crippen LogP contribution is -2.13. The zero-order chi connectivity index (χ0) is 27.2. The lowest BCUT2D eigenvalue weighted by molar-refractivity contribution is -0.142. The van der Waals surface area contributed by atoms with Crippen molar-refractivity contribution in [3.8, 4) is 22.3 Å². The number of hydrogen-bond acceptors (Lipinski definition) is 6. The Morgan fingerprint density at radius 2 is 1.53 bits per heavy atom. The number of alkyl halides is 6. The Labute approximate surface area is 210 Å². The fourth-order valence-electron chi connectivity index (χ4n) is 4.10. The first-order valence-corrected chi connectivity index (χ1v) is 11.2. The van der Waals surface area contributed by atoms with E-state index in [2.05, 4.69) is 25.1 Å². The third-order valence-corrected chi connectivity index (χ3v) is 5.92. The number of fused-ring (bicyclic) bond motifs is 1. The second-order valence-electron chi connectivity index (χ2n) is 8.42. The van der Waals surface area contributed by atoms with Crippen LogP contribution < -0.4 is 5.73 Å². The molecule has 0 aromatic carbocycles. The lowest BCUT2D eigenvalue weighted by Gasteiger charge is -2.16. The van der Waals surface area contributed by atoms with Crippen molar-refractivity contribution in [2.75, 3.05) is 5.73 Å². The third kappa shape index (κ3) is 4.76. The first-order valence-electron chi connectivity index (χ1n) is 11.2. The Balaban J connectivity index is 1.53. The Hall–Kier alpha value is -4.49. The normalized spacial score (nSPS) is 13.2. The molecular weight excluding hydrogens is 514 g/mol. The van der Waals surface area contributed by atoms with Crippen molar-refractivity contribution in [1.29, 1.82) is 0 Å². The number of aromatic nitrogens is 7. The van der Waals surface area contributed by atoms with Crippen LogP contribution in [0.4, 0.5) is 32.3 Å². The predicted octanol–water partition coefficient (Wildman–Crippen LogP) is 5.67. The van der Waals surface area contributed by atoms with Crippen molar-refractivity contribution in [3.05, 3.63) is 78.3 Å². The van der Waals surface area contributed by atoms with Crippen LogP contribution in [0.15, 0.2) is 61.3 Å². The van der Waals surface area contributed by atoms with Crippen molar-refractivity contribution >= 4 is 11.6 Å². The number of nitrogens with two attached hydrogens (primary N) is 1. The summed E-state index contributed by atoms with van der Waals surface area (Å²) in [6, 6.07) is 5.77. The van der Waals surface area contributed by atoms with Crippen LogP contribution in [0.3, 0.4) is 0 Å². The zero-order valence-corrected chi connectivity index (χ0v) is 19.5. The summed E-state index contributed by atoms with van der Waals surface area (Å²) in [4.78, 5) is 11.2. The van der Waals surface area contributed by atoms with Gasteiger partial charge in [0.25, 0.3) is 0 Å². The summed E-state index contributed by atoms with van der Waals surface area (Å²) in [5, 5.41) is 8.53. The first-order chi connectivity index (χ1) is 17.9. The Morgan fingerprint density at radius 1 is 0.842 bits per heavy atom. The van der Waals surface area contributed by atoms with E-state index in [1.54, 1.807) is 29.3 Å². The quantitative estimate of drug-likeness (QED) is 0.293. The topological polar surface area (TPSA) is 99.8 Å². The fraction of sp³-hybridized carbons (Fsp3) is 0.208. The molecular formula is C24H18F6N8. The predicted molar refractivity (Wildman–Crippen MR) is 125 cm³/mol. The van der Waals surface area contributed by atoms with Crippen LogP contribution in [0.2, 0.25) is 0 Å². The third-order valence-electron chi connectivity index (χ3n) is 5.92. The molecule has 0 aliphatic heterocycles. The molecule has 0 saturated carbocycles. The molecule has 0 saturated heterocycles. The molecule has 0 radical (unpaired) electrons. The van der Waals surface area contributed by atoms with Crippen LogP contribution in [0.5, 0.6) is 0 Å². The van der Waals surface area contributed by atoms with E-state index in [1.165, 1.54) is 22.8 Å². The molecule has 38 heavy (non-hydrogen) atoms. The number of anilines is 1. The van der Waals surface area contributed by atoms with Gasteiger partial charge >= 0.3 is 12.4 Å². The maximum atomic E-state index is 13.0. The van der Waals surface area contributed by atoms with E-state index in [0.717, 1.165) is 18.3 Å². The summed E-state index contributed by atoms with van der Waals surface area (Å²) in [7, 11) is 0. The van der Waals surface area contributed by atoms with E-state index in [1.807, 2.05) is 6.92 Å². The molecule has 1 atom stereocenters. The van der Waals surface area contributed by atoms with Crippen molar-refractivity contribution in [3.63, 3.8) is 0 Å². The van der Waals surface area contributed by atoms with E-state index in [-0.39, 0.29) is 12.0 Å². The number of rotatable bonds is 5. The molecule has 5 aromatic rings. The molecule has 0 spiro atoms. The maximum absolute atomic E-state index is 13.0. The van der Waals surface area contributed by atoms with Gasteiger partial charge in [0, 0.05) is 47.0 Å². The molecule has 196 valence electrons. The van der Waals surface area contributed by atoms with E-state index in [9.17, 15) is 26.3 Å². The molecule has 2 N–H and O–H groups in total. The number of nitrogen functional groups attached to an aromatic ring is 1. The van der Waals surface area contributed by atoms with Crippen molar-refractivity contribution in [2.45, 2.75) is 31.7 Å². The second-order valence-corrected chi connectivity index (χ2v) is 8.42. The van der Waals surface area contributed by atoms with Crippen molar-refractivity contribution in [2.24, 2.45) is 0 Å². The van der Waals surface area contributed by atoms with Crippen LogP contribution in [0.25, 0.3) is 27.9 Å². The van der Waals surface area contributed by atoms with Crippen LogP contribution >= 0.6 is 0 Å². The second kappa shape index (κ2) is 9.11. The van der Waals surface area contributed by atoms with Gasteiger partial charge in [0.1, 0.15) is 11.4 Å². The summed E-state index contributed by atoms with van der Waals surface area (Å²) in [5.74, 6) is -0.0279. The highest BCUT2D eigenvalue weighted by atomic mass is 19.4. The summed E-state index contributed by atoms with van der Waals surface area (Å²) in [6.45, 7) is 1.86. The van der Waals surface area contributed by atoms with E-state index in [4.69, 9.17) is 5.73 Å². The average Bonchev–Trinajstić information content (AvgIpc) is 3.49. The smallest absolute Gasteiger partial charge is 0.366 e. The largest absolute Gasteiger partial charge is 0.433 e. The van der Waals surface area contributed by atoms with E-state index < -0.39 is 23.7 Å². The molecule has 14 heteroatoms. The summed E-state index contributed by atoms with van der Waals surface area (Å²) >= 11 is 0. The van der Waals surface area contributed by atoms with Crippen molar-refractivity contribution < 1.29 is 26.3 Å². The molecule has 5 heterocycles. The van der Waals surface area contributed by atoms with Gasteiger partial charge in [-0.25, -0.2) is 4.52 Å². The molecule has 5 aromatic heterocycles. The molecule has 0 fully saturated rings. The minimum absolute atomic E-state index is 0.0279. The summed E-state index contributed by atoms with van der Waals surface area (Å²) < 4.78 is 80.7. The van der Waals surface area contributed by atoms with Crippen LogP contribution in [0, 0.1) is 0 Å². The highest BCUT2D eigenvalue weighted by Gasteiger charge is 2.33. The molecule has 0 aliphatic carbocycles. The highest BCUT2D eigenvalue weighted by molar-refractivity contribution is 5.82. The van der Waals surface area contributed by atoms with Gasteiger partial charge in [-0.05, 0) is 30.2 Å². The molecule has 0 amide bonds. The van der Waals surface area contributed by atoms with Gasteiger partial charge in [-0.2, -0.15) is 36.4 Å². The lowest BCUT2D eigenvalue weighted by atomic mass is 10.0. The maximum Gasteiger partial charge on any atom is 0.433 e. The average molecular weight is 532 g/mol. The van der Waals surface area contributed by atoms with Crippen LogP contribution in [-0.2, 0) is 12.4 Å². The zero-order valence-electron chi connectivity index (χ0n) is 19.5. The van der Waals surface area contributed by atoms with E-state index in [0.29, 0.717) is 39.9 Å². The van der Waals surface area contributed by atoms with Gasteiger partial charge in [-0.15, -0.1) is 5.10 Å². The van der Waals surface area contributed by atoms with Gasteiger partial charge in [-0.3, -0.25) is 14.6 Å². The Morgan fingerprint density at radius 3 is 2.11 bits per heavy atom. The molecule has 8 nitrogen and oxygen atoms in total. The van der Waals surface area contributed by atoms with Gasteiger partial charge < -0.3 is 5.73 Å². The number of nitrogens with zero attached hydrogens (tertiary/aromatic N) is 7. The Bertz CT molecular complexity index is 1580. The minimum atomic E-state index is -4.58. The number of hydrogen-bond donors (Lipinski definition) is 1. The highest BCUT2D eigenvalue weighted by Crippen LogP contribution is 2.34. The summed E-state index contributed by atoms with van der Waals surface area (Å²) in [6.07, 6.45) is -1.40. The molecule has 0 aliphatic rings. The van der Waals surface area contributed by atoms with Gasteiger partial charge in [-0.1, -0.05) is 19.1 Å². The van der Waals surface area contributed by atoms with E-state index >= 15 is 0 Å². The fourth-order valence-corrected chi connectivity index (χ4v) is 4.10. The summed E-state index contributed by atoms with van der Waals surface area (Å²) in [5.41, 5.74) is 6.67. The van der Waals surface area contributed by atoms with Gasteiger partial charge in [0.15, 0.2) is 5.65 Å². The Kier molecular flexibility index (Phi) is 6.04. The van der Waals surface area contributed by atoms with Crippen LogP contribution in [-0.4, -0.2) is 34.3 Å². The standard InChI is InChI=1S/C24H18F6N8/c1-2-18(14-4-6-20(33-9-14)24(28,29)30)37-12-16(10-34-37)15-7-17(21-35-22(31)36-38(21)11-15)13-3-5-19(32-8-13)23(25,26)27/h3-12,18H,2H2,1H3,(H2,31,36). The van der Waals surface area contributed by atoms with Crippen LogP contribution in [0.1, 0.15) is 36.3 Å². The monoisotopic (exact) mass is 532 g/mol. The molecule has 0 bridgehead atoms. The minimum Gasteiger partial charge on any atom is -0.366 e. The first kappa shape index (κ1) is 25.2. The molecule has 1 unspecified atom stereocenters. The van der Waals surface area contributed by atoms with Crippen molar-refractivity contribution in [1.82, 2.24) is 34.3 Å². The van der Waals surface area contributed by atoms with Gasteiger partial charge in [0.2, 0.25) is 5.95 Å². The SMILES string of the molecule is CCC(c1ccc(C(F)(F)F)nc1)n1cc(-c2cc(-c3ccc(C(F)(F)F)nc3)c3nc(N)nn3c2)cn1.